The third kappa shape index (κ3) is 3.40. The fraction of sp³-hybridized carbons (Fsp3) is 0.263. The fourth-order valence-corrected chi connectivity index (χ4v) is 3.48. The Labute approximate surface area is 165 Å². The maximum absolute atomic E-state index is 12.9. The summed E-state index contributed by atoms with van der Waals surface area (Å²) in [6.07, 6.45) is 6.17. The van der Waals surface area contributed by atoms with E-state index in [-0.39, 0.29) is 11.8 Å². The molecule has 5 rings (SSSR count). The number of amides is 1. The average molecular weight is 391 g/mol. The van der Waals surface area contributed by atoms with E-state index in [2.05, 4.69) is 25.7 Å². The summed E-state index contributed by atoms with van der Waals surface area (Å²) in [7, 11) is 0. The Balaban J connectivity index is 1.25. The van der Waals surface area contributed by atoms with Crippen molar-refractivity contribution in [3.63, 3.8) is 0 Å². The number of hydrogen-bond donors (Lipinski definition) is 0. The minimum atomic E-state index is -0.0111. The van der Waals surface area contributed by atoms with Crippen molar-refractivity contribution in [3.05, 3.63) is 60.6 Å². The van der Waals surface area contributed by atoms with E-state index in [0.29, 0.717) is 30.4 Å². The van der Waals surface area contributed by atoms with Crippen molar-refractivity contribution >= 4 is 5.91 Å². The van der Waals surface area contributed by atoms with Crippen LogP contribution in [0, 0.1) is 0 Å². The summed E-state index contributed by atoms with van der Waals surface area (Å²) in [5, 5.41) is 19.4. The topological polar surface area (TPSA) is 116 Å². The minimum absolute atomic E-state index is 0.0111. The molecule has 0 aliphatic carbocycles. The molecule has 1 fully saturated rings. The summed E-state index contributed by atoms with van der Waals surface area (Å²) in [5.41, 5.74) is 2.11. The van der Waals surface area contributed by atoms with Crippen LogP contribution in [-0.2, 0) is 0 Å². The van der Waals surface area contributed by atoms with Gasteiger partial charge in [0.1, 0.15) is 12.6 Å². The number of nitrogens with zero attached hydrogens (tertiary/aromatic N) is 7. The SMILES string of the molecule is O=C(c1cccc(-n2cnnn2)c1)N1CCC(c2nnc(-c3ccoc3)o2)CC1. The van der Waals surface area contributed by atoms with Gasteiger partial charge in [-0.1, -0.05) is 6.07 Å². The highest BCUT2D eigenvalue weighted by molar-refractivity contribution is 5.94. The van der Waals surface area contributed by atoms with E-state index < -0.39 is 0 Å². The number of piperidine rings is 1. The van der Waals surface area contributed by atoms with Gasteiger partial charge in [-0.05, 0) is 47.5 Å². The van der Waals surface area contributed by atoms with Crippen molar-refractivity contribution in [3.8, 4) is 17.1 Å². The second-order valence-electron chi connectivity index (χ2n) is 6.83. The molecule has 0 radical (unpaired) electrons. The molecule has 1 aromatic carbocycles. The van der Waals surface area contributed by atoms with E-state index in [9.17, 15) is 4.79 Å². The lowest BCUT2D eigenvalue weighted by Crippen LogP contribution is -2.38. The summed E-state index contributed by atoms with van der Waals surface area (Å²) in [6.45, 7) is 1.25. The summed E-state index contributed by atoms with van der Waals surface area (Å²) in [5.74, 6) is 1.18. The highest BCUT2D eigenvalue weighted by Crippen LogP contribution is 2.30. The van der Waals surface area contributed by atoms with E-state index in [1.54, 1.807) is 30.7 Å². The molecule has 0 unspecified atom stereocenters. The molecule has 10 nitrogen and oxygen atoms in total. The van der Waals surface area contributed by atoms with Crippen molar-refractivity contribution in [2.75, 3.05) is 13.1 Å². The molecule has 1 aliphatic rings. The third-order valence-electron chi connectivity index (χ3n) is 5.05. The molecule has 1 amide bonds. The molecule has 1 aliphatic heterocycles. The van der Waals surface area contributed by atoms with Crippen molar-refractivity contribution in [2.45, 2.75) is 18.8 Å². The van der Waals surface area contributed by atoms with Crippen LogP contribution in [0.15, 0.2) is 58.0 Å². The molecular weight excluding hydrogens is 374 g/mol. The van der Waals surface area contributed by atoms with Crippen LogP contribution in [0.25, 0.3) is 17.1 Å². The molecular formula is C19H17N7O3. The Morgan fingerprint density at radius 1 is 1.14 bits per heavy atom. The maximum atomic E-state index is 12.9. The van der Waals surface area contributed by atoms with Gasteiger partial charge in [-0.25, -0.2) is 4.68 Å². The number of aromatic nitrogens is 6. The zero-order chi connectivity index (χ0) is 19.6. The van der Waals surface area contributed by atoms with Crippen LogP contribution in [0.5, 0.6) is 0 Å². The molecule has 146 valence electrons. The Kier molecular flexibility index (Phi) is 4.35. The van der Waals surface area contributed by atoms with Crippen LogP contribution in [0.3, 0.4) is 0 Å². The Bertz CT molecular complexity index is 1100. The predicted octanol–water partition coefficient (Wildman–Crippen LogP) is 2.33. The summed E-state index contributed by atoms with van der Waals surface area (Å²) in [4.78, 5) is 14.8. The van der Waals surface area contributed by atoms with E-state index >= 15 is 0 Å². The van der Waals surface area contributed by atoms with Gasteiger partial charge in [-0.15, -0.1) is 15.3 Å². The first-order valence-electron chi connectivity index (χ1n) is 9.26. The van der Waals surface area contributed by atoms with Crippen LogP contribution < -0.4 is 0 Å². The predicted molar refractivity (Wildman–Crippen MR) is 99.0 cm³/mol. The smallest absolute Gasteiger partial charge is 0.253 e. The molecule has 0 bridgehead atoms. The quantitative estimate of drug-likeness (QED) is 0.520. The van der Waals surface area contributed by atoms with Gasteiger partial charge < -0.3 is 13.7 Å². The van der Waals surface area contributed by atoms with E-state index in [1.165, 1.54) is 11.0 Å². The van der Waals surface area contributed by atoms with Crippen LogP contribution in [-0.4, -0.2) is 54.3 Å². The molecule has 0 N–H and O–H groups in total. The molecule has 0 spiro atoms. The van der Waals surface area contributed by atoms with E-state index in [1.807, 2.05) is 17.0 Å². The van der Waals surface area contributed by atoms with Gasteiger partial charge in [0.05, 0.1) is 17.5 Å². The van der Waals surface area contributed by atoms with Gasteiger partial charge in [0.2, 0.25) is 5.89 Å². The second-order valence-corrected chi connectivity index (χ2v) is 6.83. The van der Waals surface area contributed by atoms with Crippen molar-refractivity contribution in [1.82, 2.24) is 35.3 Å². The second kappa shape index (κ2) is 7.30. The van der Waals surface area contributed by atoms with Gasteiger partial charge in [-0.3, -0.25) is 4.79 Å². The lowest BCUT2D eigenvalue weighted by molar-refractivity contribution is 0.0706. The summed E-state index contributed by atoms with van der Waals surface area (Å²) < 4.78 is 12.4. The Morgan fingerprint density at radius 3 is 2.79 bits per heavy atom. The molecule has 0 saturated carbocycles. The first-order chi connectivity index (χ1) is 14.3. The molecule has 29 heavy (non-hydrogen) atoms. The van der Waals surface area contributed by atoms with E-state index in [0.717, 1.165) is 24.1 Å². The van der Waals surface area contributed by atoms with Crippen LogP contribution in [0.4, 0.5) is 0 Å². The lowest BCUT2D eigenvalue weighted by atomic mass is 9.96. The van der Waals surface area contributed by atoms with Gasteiger partial charge in [-0.2, -0.15) is 0 Å². The Hall–Kier alpha value is -3.82. The zero-order valence-electron chi connectivity index (χ0n) is 15.4. The molecule has 0 atom stereocenters. The maximum Gasteiger partial charge on any atom is 0.253 e. The summed E-state index contributed by atoms with van der Waals surface area (Å²) >= 11 is 0. The monoisotopic (exact) mass is 391 g/mol. The normalized spacial score (nSPS) is 15.0. The number of carbonyl (C=O) groups is 1. The lowest BCUT2D eigenvalue weighted by Gasteiger charge is -2.30. The fourth-order valence-electron chi connectivity index (χ4n) is 3.48. The standard InChI is InChI=1S/C19H17N7O3/c27-19(14-2-1-3-16(10-14)26-12-20-23-24-26)25-7-4-13(5-8-25)17-21-22-18(29-17)15-6-9-28-11-15/h1-3,6,9-13H,4-5,7-8H2. The van der Waals surface area contributed by atoms with Crippen molar-refractivity contribution in [1.29, 1.82) is 0 Å². The first-order valence-corrected chi connectivity index (χ1v) is 9.26. The molecule has 10 heteroatoms. The molecule has 1 saturated heterocycles. The number of carbonyl (C=O) groups excluding carboxylic acids is 1. The average Bonchev–Trinajstić information content (AvgIpc) is 3.55. The highest BCUT2D eigenvalue weighted by atomic mass is 16.4. The number of benzene rings is 1. The number of hydrogen-bond acceptors (Lipinski definition) is 8. The largest absolute Gasteiger partial charge is 0.472 e. The number of likely N-dealkylation sites (tertiary alicyclic amines) is 1. The Morgan fingerprint density at radius 2 is 2.03 bits per heavy atom. The van der Waals surface area contributed by atoms with Gasteiger partial charge in [0.25, 0.3) is 11.8 Å². The highest BCUT2D eigenvalue weighted by Gasteiger charge is 2.28. The van der Waals surface area contributed by atoms with Crippen molar-refractivity contribution in [2.24, 2.45) is 0 Å². The van der Waals surface area contributed by atoms with Crippen molar-refractivity contribution < 1.29 is 13.6 Å². The third-order valence-corrected chi connectivity index (χ3v) is 5.05. The van der Waals surface area contributed by atoms with Crippen LogP contribution in [0.1, 0.15) is 35.0 Å². The van der Waals surface area contributed by atoms with Crippen LogP contribution >= 0.6 is 0 Å². The molecule has 4 heterocycles. The molecule has 4 aromatic rings. The molecule has 3 aromatic heterocycles. The van der Waals surface area contributed by atoms with E-state index in [4.69, 9.17) is 8.83 Å². The number of tetrazole rings is 1. The number of rotatable bonds is 4. The van der Waals surface area contributed by atoms with Gasteiger partial charge in [0, 0.05) is 24.6 Å². The minimum Gasteiger partial charge on any atom is -0.472 e. The van der Waals surface area contributed by atoms with Gasteiger partial charge >= 0.3 is 0 Å². The number of furan rings is 1. The zero-order valence-corrected chi connectivity index (χ0v) is 15.4. The summed E-state index contributed by atoms with van der Waals surface area (Å²) in [6, 6.07) is 9.05. The van der Waals surface area contributed by atoms with Gasteiger partial charge in [0.15, 0.2) is 0 Å². The van der Waals surface area contributed by atoms with Crippen LogP contribution in [0.2, 0.25) is 0 Å². The first kappa shape index (κ1) is 17.3.